The van der Waals surface area contributed by atoms with E-state index in [-0.39, 0.29) is 17.0 Å². The quantitative estimate of drug-likeness (QED) is 0.107. The number of phosphoric ester groups is 2. The van der Waals surface area contributed by atoms with Gasteiger partial charge in [-0.05, 0) is 0 Å². The molecule has 2 aliphatic heterocycles. The lowest BCUT2D eigenvalue weighted by Crippen LogP contribution is -2.38. The molecule has 0 amide bonds. The lowest BCUT2D eigenvalue weighted by Gasteiger charge is -2.22. The van der Waals surface area contributed by atoms with E-state index in [0.717, 1.165) is 13.3 Å². The second-order valence-electron chi connectivity index (χ2n) is 8.37. The van der Waals surface area contributed by atoms with E-state index in [4.69, 9.17) is 19.9 Å². The van der Waals surface area contributed by atoms with E-state index in [2.05, 4.69) is 28.3 Å². The molecule has 2 saturated heterocycles. The van der Waals surface area contributed by atoms with Crippen LogP contribution in [0.1, 0.15) is 13.2 Å². The molecule has 22 heteroatoms. The predicted molar refractivity (Wildman–Crippen MR) is 121 cm³/mol. The average molecular weight is 601 g/mol. The van der Waals surface area contributed by atoms with Crippen molar-refractivity contribution < 1.29 is 71.7 Å². The van der Waals surface area contributed by atoms with Crippen molar-refractivity contribution in [1.82, 2.24) is 19.5 Å². The SMILES string of the molecule is CC(=O)O[C@@H]1[C@@H](COP(=O)(O)OP(=O)(O)OC[C@H]2O[C@@H](n3cnc4c(N)ncnc43)[C@H](O)[C@@H]2O)OC(O)[C@@H]1O. The fraction of sp³-hybridized carbons (Fsp3) is 0.647. The third-order valence-electron chi connectivity index (χ3n) is 5.62. The van der Waals surface area contributed by atoms with Gasteiger partial charge in [0.05, 0.1) is 19.5 Å². The van der Waals surface area contributed by atoms with Gasteiger partial charge < -0.3 is 50.2 Å². The minimum absolute atomic E-state index is 0.0504. The summed E-state index contributed by atoms with van der Waals surface area (Å²) in [5.41, 5.74) is 6.08. The fourth-order valence-corrected chi connectivity index (χ4v) is 5.95. The van der Waals surface area contributed by atoms with Gasteiger partial charge in [0, 0.05) is 6.92 Å². The molecule has 10 atom stereocenters. The third-order valence-corrected chi connectivity index (χ3v) is 8.22. The summed E-state index contributed by atoms with van der Waals surface area (Å²) < 4.78 is 54.3. The highest BCUT2D eigenvalue weighted by Gasteiger charge is 2.48. The number of nitrogen functional groups attached to an aromatic ring is 1. The first kappa shape index (κ1) is 29.8. The normalized spacial score (nSPS) is 34.1. The minimum atomic E-state index is -5.35. The molecule has 20 nitrogen and oxygen atoms in total. The number of carbonyl (C=O) groups is 1. The topological polar surface area (TPSA) is 298 Å². The molecule has 4 heterocycles. The van der Waals surface area contributed by atoms with Gasteiger partial charge in [-0.3, -0.25) is 18.4 Å². The maximum atomic E-state index is 12.3. The zero-order chi connectivity index (χ0) is 28.7. The molecular formula is C17H25N5O15P2. The number of aromatic nitrogens is 4. The molecule has 4 rings (SSSR count). The third kappa shape index (κ3) is 6.60. The zero-order valence-electron chi connectivity index (χ0n) is 19.8. The molecule has 2 aromatic rings. The highest BCUT2D eigenvalue weighted by Crippen LogP contribution is 2.60. The number of ether oxygens (including phenoxy) is 3. The van der Waals surface area contributed by atoms with Crippen molar-refractivity contribution in [2.45, 2.75) is 56.1 Å². The van der Waals surface area contributed by atoms with Crippen LogP contribution in [0.25, 0.3) is 11.2 Å². The Morgan fingerprint density at radius 1 is 1.00 bits per heavy atom. The van der Waals surface area contributed by atoms with Crippen LogP contribution in [0, 0.1) is 0 Å². The molecule has 39 heavy (non-hydrogen) atoms. The lowest BCUT2D eigenvalue weighted by atomic mass is 10.1. The Morgan fingerprint density at radius 2 is 1.64 bits per heavy atom. The molecule has 8 N–H and O–H groups in total. The van der Waals surface area contributed by atoms with E-state index in [0.29, 0.717) is 0 Å². The molecule has 0 saturated carbocycles. The number of aliphatic hydroxyl groups is 4. The highest BCUT2D eigenvalue weighted by molar-refractivity contribution is 7.61. The van der Waals surface area contributed by atoms with Crippen molar-refractivity contribution in [1.29, 1.82) is 0 Å². The van der Waals surface area contributed by atoms with Gasteiger partial charge in [-0.15, -0.1) is 0 Å². The van der Waals surface area contributed by atoms with Crippen LogP contribution in [0.2, 0.25) is 0 Å². The maximum Gasteiger partial charge on any atom is 0.481 e. The van der Waals surface area contributed by atoms with Gasteiger partial charge in [0.1, 0.15) is 42.4 Å². The summed E-state index contributed by atoms with van der Waals surface area (Å²) >= 11 is 0. The predicted octanol–water partition coefficient (Wildman–Crippen LogP) is -2.71. The van der Waals surface area contributed by atoms with Gasteiger partial charge in [-0.2, -0.15) is 4.31 Å². The van der Waals surface area contributed by atoms with Gasteiger partial charge in [0.2, 0.25) is 0 Å². The number of hydrogen-bond donors (Lipinski definition) is 7. The van der Waals surface area contributed by atoms with Crippen LogP contribution < -0.4 is 5.73 Å². The molecule has 0 radical (unpaired) electrons. The number of hydrogen-bond acceptors (Lipinski definition) is 17. The van der Waals surface area contributed by atoms with E-state index < -0.39 is 84.0 Å². The number of fused-ring (bicyclic) bond motifs is 1. The monoisotopic (exact) mass is 601 g/mol. The minimum Gasteiger partial charge on any atom is -0.457 e. The highest BCUT2D eigenvalue weighted by atomic mass is 31.3. The molecule has 2 fully saturated rings. The van der Waals surface area contributed by atoms with E-state index in [9.17, 15) is 44.1 Å². The molecule has 218 valence electrons. The maximum absolute atomic E-state index is 12.3. The van der Waals surface area contributed by atoms with Gasteiger partial charge in [-0.1, -0.05) is 0 Å². The van der Waals surface area contributed by atoms with Crippen molar-refractivity contribution in [3.05, 3.63) is 12.7 Å². The van der Waals surface area contributed by atoms with Crippen molar-refractivity contribution in [3.8, 4) is 0 Å². The Hall–Kier alpha value is -2.16. The molecule has 2 aromatic heterocycles. The molecule has 0 bridgehead atoms. The number of rotatable bonds is 10. The van der Waals surface area contributed by atoms with E-state index in [1.54, 1.807) is 0 Å². The number of carbonyl (C=O) groups excluding carboxylic acids is 1. The van der Waals surface area contributed by atoms with Crippen molar-refractivity contribution in [2.75, 3.05) is 18.9 Å². The van der Waals surface area contributed by atoms with Gasteiger partial charge in [0.15, 0.2) is 30.1 Å². The molecular weight excluding hydrogens is 576 g/mol. The van der Waals surface area contributed by atoms with Crippen LogP contribution in [0.3, 0.4) is 0 Å². The smallest absolute Gasteiger partial charge is 0.457 e. The Bertz CT molecular complexity index is 1300. The van der Waals surface area contributed by atoms with E-state index in [1.165, 1.54) is 10.9 Å². The van der Waals surface area contributed by atoms with Crippen molar-refractivity contribution in [3.63, 3.8) is 0 Å². The standard InChI is InChI=1S/C17H25N5O15P2/c1-6(23)34-13-8(36-17(27)12(13)26)3-33-39(30,31)37-38(28,29)32-2-7-10(24)11(25)16(35-7)22-5-21-9-14(18)19-4-20-15(9)22/h4-5,7-8,10-13,16-17,24-27H,2-3H2,1H3,(H,28,29)(H,30,31)(H2,18,19,20)/t7-,8-,10-,11-,12-,13-,16-,17?/m1/s1. The second-order valence-corrected chi connectivity index (χ2v) is 11.4. The number of phosphoric acid groups is 2. The Balaban J connectivity index is 1.34. The van der Waals surface area contributed by atoms with Crippen LogP contribution in [0.15, 0.2) is 12.7 Å². The van der Waals surface area contributed by atoms with Crippen molar-refractivity contribution in [2.24, 2.45) is 0 Å². The Labute approximate surface area is 218 Å². The fourth-order valence-electron chi connectivity index (χ4n) is 3.86. The first-order chi connectivity index (χ1) is 18.2. The van der Waals surface area contributed by atoms with Gasteiger partial charge in [0.25, 0.3) is 0 Å². The molecule has 0 aliphatic carbocycles. The summed E-state index contributed by atoms with van der Waals surface area (Å²) in [6, 6.07) is 0. The Kier molecular flexibility index (Phi) is 8.70. The first-order valence-corrected chi connectivity index (χ1v) is 14.0. The number of nitrogens with zero attached hydrogens (tertiary/aromatic N) is 4. The Morgan fingerprint density at radius 3 is 2.28 bits per heavy atom. The van der Waals surface area contributed by atoms with Gasteiger partial charge in [-0.25, -0.2) is 24.1 Å². The van der Waals surface area contributed by atoms with Gasteiger partial charge >= 0.3 is 21.6 Å². The molecule has 0 spiro atoms. The van der Waals surface area contributed by atoms with Crippen LogP contribution in [-0.4, -0.2) is 112 Å². The first-order valence-electron chi connectivity index (χ1n) is 11.0. The van der Waals surface area contributed by atoms with Crippen LogP contribution >= 0.6 is 15.6 Å². The van der Waals surface area contributed by atoms with E-state index >= 15 is 0 Å². The second kappa shape index (κ2) is 11.4. The summed E-state index contributed by atoms with van der Waals surface area (Å²) in [6.07, 6.45) is -10.0. The molecule has 3 unspecified atom stereocenters. The number of aliphatic hydroxyl groups excluding tert-OH is 4. The zero-order valence-corrected chi connectivity index (χ0v) is 21.6. The summed E-state index contributed by atoms with van der Waals surface area (Å²) in [7, 11) is -10.7. The summed E-state index contributed by atoms with van der Waals surface area (Å²) in [4.78, 5) is 42.7. The van der Waals surface area contributed by atoms with E-state index in [1.807, 2.05) is 0 Å². The van der Waals surface area contributed by atoms with Crippen LogP contribution in [0.4, 0.5) is 5.82 Å². The average Bonchev–Trinajstić information content (AvgIpc) is 3.47. The number of nitrogens with two attached hydrogens (primary N) is 1. The number of imidazole rings is 1. The lowest BCUT2D eigenvalue weighted by molar-refractivity contribution is -0.153. The summed E-state index contributed by atoms with van der Waals surface area (Å²) in [6.45, 7) is -0.821. The summed E-state index contributed by atoms with van der Waals surface area (Å²) in [5, 5.41) is 40.2. The van der Waals surface area contributed by atoms with Crippen LogP contribution in [0.5, 0.6) is 0 Å². The largest absolute Gasteiger partial charge is 0.481 e. The number of esters is 1. The van der Waals surface area contributed by atoms with Crippen molar-refractivity contribution >= 4 is 38.6 Å². The molecule has 0 aromatic carbocycles. The number of anilines is 1. The van der Waals surface area contributed by atoms with Crippen LogP contribution in [-0.2, 0) is 41.5 Å². The summed E-state index contributed by atoms with van der Waals surface area (Å²) in [5.74, 6) is -0.810. The molecule has 2 aliphatic rings.